The molecule has 0 aromatic heterocycles. The van der Waals surface area contributed by atoms with E-state index in [1.54, 1.807) is 30.3 Å². The van der Waals surface area contributed by atoms with Gasteiger partial charge < -0.3 is 5.32 Å². The topological polar surface area (TPSA) is 35.8 Å². The molecular formula is C14H9Br2FN2. The predicted molar refractivity (Wildman–Crippen MR) is 80.3 cm³/mol. The second-order valence-electron chi connectivity index (χ2n) is 3.90. The Hall–Kier alpha value is -1.38. The zero-order valence-electron chi connectivity index (χ0n) is 9.75. The molecule has 0 spiro atoms. The number of halogens is 3. The molecule has 0 bridgehead atoms. The van der Waals surface area contributed by atoms with Gasteiger partial charge in [-0.2, -0.15) is 5.26 Å². The molecule has 2 aromatic rings. The standard InChI is InChI=1S/C14H9Br2FN2/c15-11-2-4-14(17)10(5-11)8-19-12-3-1-9(7-18)13(16)6-12/h1-6,19H,8H2. The number of anilines is 1. The fourth-order valence-electron chi connectivity index (χ4n) is 1.59. The van der Waals surface area contributed by atoms with Crippen LogP contribution >= 0.6 is 31.9 Å². The van der Waals surface area contributed by atoms with Crippen molar-refractivity contribution in [1.29, 1.82) is 5.26 Å². The second kappa shape index (κ2) is 6.18. The van der Waals surface area contributed by atoms with Gasteiger partial charge in [-0.05, 0) is 52.3 Å². The Kier molecular flexibility index (Phi) is 4.56. The molecule has 0 unspecified atom stereocenters. The van der Waals surface area contributed by atoms with Gasteiger partial charge in [0.15, 0.2) is 0 Å². The lowest BCUT2D eigenvalue weighted by Gasteiger charge is -2.09. The van der Waals surface area contributed by atoms with E-state index in [9.17, 15) is 4.39 Å². The molecule has 2 nitrogen and oxygen atoms in total. The van der Waals surface area contributed by atoms with Gasteiger partial charge in [-0.3, -0.25) is 0 Å². The molecular weight excluding hydrogens is 375 g/mol. The Morgan fingerprint density at radius 1 is 1.16 bits per heavy atom. The van der Waals surface area contributed by atoms with Gasteiger partial charge in [-0.15, -0.1) is 0 Å². The summed E-state index contributed by atoms with van der Waals surface area (Å²) in [6.07, 6.45) is 0. The van der Waals surface area contributed by atoms with Crippen LogP contribution in [0.3, 0.4) is 0 Å². The second-order valence-corrected chi connectivity index (χ2v) is 5.67. The number of hydrogen-bond acceptors (Lipinski definition) is 2. The molecule has 0 saturated carbocycles. The first kappa shape index (κ1) is 14.0. The SMILES string of the molecule is N#Cc1ccc(NCc2cc(Br)ccc2F)cc1Br. The van der Waals surface area contributed by atoms with E-state index in [2.05, 4.69) is 43.2 Å². The smallest absolute Gasteiger partial charge is 0.128 e. The van der Waals surface area contributed by atoms with Crippen molar-refractivity contribution in [2.45, 2.75) is 6.54 Å². The van der Waals surface area contributed by atoms with Crippen molar-refractivity contribution in [2.75, 3.05) is 5.32 Å². The van der Waals surface area contributed by atoms with E-state index >= 15 is 0 Å². The highest BCUT2D eigenvalue weighted by atomic mass is 79.9. The van der Waals surface area contributed by atoms with Crippen LogP contribution in [0.25, 0.3) is 0 Å². The average molecular weight is 384 g/mol. The van der Waals surface area contributed by atoms with Crippen LogP contribution < -0.4 is 5.32 Å². The van der Waals surface area contributed by atoms with Gasteiger partial charge >= 0.3 is 0 Å². The lowest BCUT2D eigenvalue weighted by atomic mass is 10.2. The third-order valence-corrected chi connectivity index (χ3v) is 3.73. The molecule has 0 aliphatic rings. The summed E-state index contributed by atoms with van der Waals surface area (Å²) < 4.78 is 15.1. The van der Waals surface area contributed by atoms with Crippen molar-refractivity contribution in [3.05, 3.63) is 62.3 Å². The van der Waals surface area contributed by atoms with Gasteiger partial charge in [-0.25, -0.2) is 4.39 Å². The molecule has 5 heteroatoms. The molecule has 1 N–H and O–H groups in total. The number of benzene rings is 2. The highest BCUT2D eigenvalue weighted by molar-refractivity contribution is 9.10. The van der Waals surface area contributed by atoms with Crippen LogP contribution in [0.2, 0.25) is 0 Å². The van der Waals surface area contributed by atoms with Crippen LogP contribution in [0.1, 0.15) is 11.1 Å². The lowest BCUT2D eigenvalue weighted by molar-refractivity contribution is 0.612. The number of nitrogens with one attached hydrogen (secondary N) is 1. The molecule has 2 aromatic carbocycles. The minimum Gasteiger partial charge on any atom is -0.381 e. The van der Waals surface area contributed by atoms with Crippen LogP contribution in [0, 0.1) is 17.1 Å². The third kappa shape index (κ3) is 3.55. The zero-order chi connectivity index (χ0) is 13.8. The first-order valence-corrected chi connectivity index (χ1v) is 7.06. The Bertz CT molecular complexity index is 650. The Labute approximate surface area is 127 Å². The maximum Gasteiger partial charge on any atom is 0.128 e. The van der Waals surface area contributed by atoms with Crippen molar-refractivity contribution in [3.8, 4) is 6.07 Å². The number of hydrogen-bond donors (Lipinski definition) is 1. The van der Waals surface area contributed by atoms with Gasteiger partial charge in [0.05, 0.1) is 5.56 Å². The number of nitrogens with zero attached hydrogens (tertiary/aromatic N) is 1. The fraction of sp³-hybridized carbons (Fsp3) is 0.0714. The van der Waals surface area contributed by atoms with Crippen LogP contribution in [0.4, 0.5) is 10.1 Å². The van der Waals surface area contributed by atoms with Crippen LogP contribution in [-0.2, 0) is 6.54 Å². The highest BCUT2D eigenvalue weighted by Gasteiger charge is 2.04. The van der Waals surface area contributed by atoms with E-state index in [4.69, 9.17) is 5.26 Å². The normalized spacial score (nSPS) is 10.0. The quantitative estimate of drug-likeness (QED) is 0.823. The fourth-order valence-corrected chi connectivity index (χ4v) is 2.47. The summed E-state index contributed by atoms with van der Waals surface area (Å²) in [6, 6.07) is 12.2. The van der Waals surface area contributed by atoms with Gasteiger partial charge in [0, 0.05) is 26.7 Å². The Morgan fingerprint density at radius 3 is 2.63 bits per heavy atom. The maximum atomic E-state index is 13.6. The Balaban J connectivity index is 2.13. The minimum atomic E-state index is -0.247. The molecule has 0 radical (unpaired) electrons. The van der Waals surface area contributed by atoms with Crippen molar-refractivity contribution < 1.29 is 4.39 Å². The van der Waals surface area contributed by atoms with E-state index in [0.29, 0.717) is 17.7 Å². The molecule has 0 fully saturated rings. The largest absolute Gasteiger partial charge is 0.381 e. The van der Waals surface area contributed by atoms with Gasteiger partial charge in [-0.1, -0.05) is 15.9 Å². The van der Waals surface area contributed by atoms with Crippen molar-refractivity contribution in [3.63, 3.8) is 0 Å². The summed E-state index contributed by atoms with van der Waals surface area (Å²) in [7, 11) is 0. The summed E-state index contributed by atoms with van der Waals surface area (Å²) in [4.78, 5) is 0. The molecule has 2 rings (SSSR count). The first-order chi connectivity index (χ1) is 9.10. The summed E-state index contributed by atoms with van der Waals surface area (Å²) in [5.41, 5.74) is 1.97. The van der Waals surface area contributed by atoms with E-state index in [1.807, 2.05) is 0 Å². The van der Waals surface area contributed by atoms with Gasteiger partial charge in [0.25, 0.3) is 0 Å². The predicted octanol–water partition coefficient (Wildman–Crippen LogP) is 4.83. The average Bonchev–Trinajstić information content (AvgIpc) is 2.40. The third-order valence-electron chi connectivity index (χ3n) is 2.58. The molecule has 0 amide bonds. The Morgan fingerprint density at radius 2 is 1.95 bits per heavy atom. The van der Waals surface area contributed by atoms with E-state index < -0.39 is 0 Å². The molecule has 96 valence electrons. The zero-order valence-corrected chi connectivity index (χ0v) is 12.9. The van der Waals surface area contributed by atoms with Crippen LogP contribution in [-0.4, -0.2) is 0 Å². The summed E-state index contributed by atoms with van der Waals surface area (Å²) in [6.45, 7) is 0.379. The van der Waals surface area contributed by atoms with Crippen LogP contribution in [0.5, 0.6) is 0 Å². The number of rotatable bonds is 3. The molecule has 19 heavy (non-hydrogen) atoms. The maximum absolute atomic E-state index is 13.6. The van der Waals surface area contributed by atoms with Crippen LogP contribution in [0.15, 0.2) is 45.3 Å². The monoisotopic (exact) mass is 382 g/mol. The lowest BCUT2D eigenvalue weighted by Crippen LogP contribution is -2.02. The van der Waals surface area contributed by atoms with E-state index in [0.717, 1.165) is 14.6 Å². The minimum absolute atomic E-state index is 0.247. The first-order valence-electron chi connectivity index (χ1n) is 5.47. The molecule has 0 heterocycles. The molecule has 0 aliphatic carbocycles. The van der Waals surface area contributed by atoms with Gasteiger partial charge in [0.1, 0.15) is 11.9 Å². The van der Waals surface area contributed by atoms with E-state index in [-0.39, 0.29) is 5.82 Å². The van der Waals surface area contributed by atoms with E-state index in [1.165, 1.54) is 6.07 Å². The summed E-state index contributed by atoms with van der Waals surface area (Å²) in [5, 5.41) is 11.9. The van der Waals surface area contributed by atoms with Crippen molar-refractivity contribution >= 4 is 37.5 Å². The van der Waals surface area contributed by atoms with Crippen molar-refractivity contribution in [1.82, 2.24) is 0 Å². The summed E-state index contributed by atoms with van der Waals surface area (Å²) in [5.74, 6) is -0.247. The summed E-state index contributed by atoms with van der Waals surface area (Å²) >= 11 is 6.63. The number of nitriles is 1. The molecule has 0 saturated heterocycles. The molecule has 0 aliphatic heterocycles. The molecule has 0 atom stereocenters. The van der Waals surface area contributed by atoms with Gasteiger partial charge in [0.2, 0.25) is 0 Å². The highest BCUT2D eigenvalue weighted by Crippen LogP contribution is 2.22. The van der Waals surface area contributed by atoms with Crippen molar-refractivity contribution in [2.24, 2.45) is 0 Å².